The molecule has 0 spiro atoms. The minimum Gasteiger partial charge on any atom is -0.397 e. The van der Waals surface area contributed by atoms with E-state index in [0.29, 0.717) is 22.3 Å². The number of benzene rings is 1. The van der Waals surface area contributed by atoms with E-state index >= 15 is 0 Å². The first-order valence-corrected chi connectivity index (χ1v) is 7.25. The van der Waals surface area contributed by atoms with Gasteiger partial charge in [0.1, 0.15) is 0 Å². The molecular formula is C15H14Cl2N4. The molecule has 1 aromatic carbocycles. The Hall–Kier alpha value is -1.75. The molecule has 6 heteroatoms. The van der Waals surface area contributed by atoms with Gasteiger partial charge in [-0.15, -0.1) is 0 Å². The topological polar surface area (TPSA) is 66.7 Å². The second kappa shape index (κ2) is 5.93. The maximum absolute atomic E-state index is 6.28. The van der Waals surface area contributed by atoms with Gasteiger partial charge in [0.05, 0.1) is 21.2 Å². The highest BCUT2D eigenvalue weighted by Crippen LogP contribution is 2.35. The van der Waals surface area contributed by atoms with Crippen LogP contribution in [0.5, 0.6) is 0 Å². The number of aromatic nitrogens is 2. The molecule has 0 radical (unpaired) electrons. The summed E-state index contributed by atoms with van der Waals surface area (Å²) in [5, 5.41) is 5.30. The first kappa shape index (κ1) is 14.2. The minimum atomic E-state index is 0.581. The molecule has 2 heterocycles. The van der Waals surface area contributed by atoms with Gasteiger partial charge in [0.2, 0.25) is 0 Å². The molecule has 4 nitrogen and oxygen atoms in total. The van der Waals surface area contributed by atoms with Crippen molar-refractivity contribution in [3.05, 3.63) is 58.0 Å². The highest BCUT2D eigenvalue weighted by Gasteiger charge is 2.12. The highest BCUT2D eigenvalue weighted by molar-refractivity contribution is 6.42. The molecule has 0 aliphatic rings. The Morgan fingerprint density at radius 3 is 2.67 bits per heavy atom. The predicted octanol–water partition coefficient (Wildman–Crippen LogP) is 3.74. The van der Waals surface area contributed by atoms with Gasteiger partial charge in [-0.3, -0.25) is 4.98 Å². The van der Waals surface area contributed by atoms with E-state index in [0.717, 1.165) is 23.0 Å². The largest absolute Gasteiger partial charge is 0.397 e. The van der Waals surface area contributed by atoms with E-state index in [9.17, 15) is 0 Å². The zero-order chi connectivity index (χ0) is 14.8. The van der Waals surface area contributed by atoms with Gasteiger partial charge in [-0.2, -0.15) is 0 Å². The molecule has 0 unspecified atom stereocenters. The zero-order valence-corrected chi connectivity index (χ0v) is 12.7. The van der Waals surface area contributed by atoms with Crippen molar-refractivity contribution < 1.29 is 0 Å². The third-order valence-corrected chi connectivity index (χ3v) is 3.98. The lowest BCUT2D eigenvalue weighted by Gasteiger charge is -2.10. The van der Waals surface area contributed by atoms with Crippen molar-refractivity contribution in [2.24, 2.45) is 0 Å². The molecule has 3 aromatic rings. The number of hydrogen-bond acceptors (Lipinski definition) is 3. The molecule has 0 saturated heterocycles. The van der Waals surface area contributed by atoms with Crippen molar-refractivity contribution in [2.75, 3.05) is 5.73 Å². The Morgan fingerprint density at radius 1 is 1.14 bits per heavy atom. The van der Waals surface area contributed by atoms with E-state index in [2.05, 4.69) is 15.3 Å². The highest BCUT2D eigenvalue weighted by atomic mass is 35.5. The fourth-order valence-electron chi connectivity index (χ4n) is 2.30. The van der Waals surface area contributed by atoms with E-state index < -0.39 is 0 Å². The maximum Gasteiger partial charge on any atom is 0.0721 e. The van der Waals surface area contributed by atoms with Crippen LogP contribution in [0.3, 0.4) is 0 Å². The molecule has 0 fully saturated rings. The molecule has 0 bridgehead atoms. The smallest absolute Gasteiger partial charge is 0.0721 e. The number of nitrogens with one attached hydrogen (secondary N) is 2. The molecule has 0 amide bonds. The lowest BCUT2D eigenvalue weighted by atomic mass is 10.1. The summed E-state index contributed by atoms with van der Waals surface area (Å²) in [6.45, 7) is 1.36. The van der Waals surface area contributed by atoms with Gasteiger partial charge in [0.15, 0.2) is 0 Å². The summed E-state index contributed by atoms with van der Waals surface area (Å²) in [6.07, 6.45) is 5.24. The summed E-state index contributed by atoms with van der Waals surface area (Å²) >= 11 is 12.4. The van der Waals surface area contributed by atoms with Crippen molar-refractivity contribution in [2.45, 2.75) is 13.1 Å². The van der Waals surface area contributed by atoms with Gasteiger partial charge >= 0.3 is 0 Å². The molecular weight excluding hydrogens is 307 g/mol. The fraction of sp³-hybridized carbons (Fsp3) is 0.133. The maximum atomic E-state index is 6.28. The molecule has 0 saturated carbocycles. The van der Waals surface area contributed by atoms with Gasteiger partial charge in [-0.05, 0) is 29.3 Å². The van der Waals surface area contributed by atoms with Gasteiger partial charge in [-0.1, -0.05) is 23.2 Å². The lowest BCUT2D eigenvalue weighted by molar-refractivity contribution is 0.694. The van der Waals surface area contributed by atoms with E-state index in [1.165, 1.54) is 5.56 Å². The molecule has 3 rings (SSSR count). The van der Waals surface area contributed by atoms with Gasteiger partial charge in [0.25, 0.3) is 0 Å². The van der Waals surface area contributed by atoms with E-state index in [1.54, 1.807) is 18.6 Å². The number of anilines is 1. The number of rotatable bonds is 4. The van der Waals surface area contributed by atoms with Gasteiger partial charge in [-0.25, -0.2) is 0 Å². The summed E-state index contributed by atoms with van der Waals surface area (Å²) in [6, 6.07) is 5.80. The summed E-state index contributed by atoms with van der Waals surface area (Å²) in [4.78, 5) is 7.06. The number of pyridine rings is 1. The molecule has 4 N–H and O–H groups in total. The number of aromatic amines is 1. The SMILES string of the molecule is Nc1c(CNCc2ccncc2)cc(Cl)c2c(Cl)c[nH]c12. The third kappa shape index (κ3) is 2.83. The molecule has 21 heavy (non-hydrogen) atoms. The van der Waals surface area contributed by atoms with Crippen LogP contribution in [0.25, 0.3) is 10.9 Å². The molecule has 0 aliphatic carbocycles. The minimum absolute atomic E-state index is 0.581. The quantitative estimate of drug-likeness (QED) is 0.641. The summed E-state index contributed by atoms with van der Waals surface area (Å²) < 4.78 is 0. The third-order valence-electron chi connectivity index (χ3n) is 3.38. The number of fused-ring (bicyclic) bond motifs is 1. The van der Waals surface area contributed by atoms with Gasteiger partial charge < -0.3 is 16.0 Å². The standard InChI is InChI=1S/C15H14Cl2N4/c16-11-5-10(7-20-6-9-1-3-19-4-2-9)14(18)15-13(11)12(17)8-21-15/h1-5,8,20-21H,6-7,18H2. The number of nitrogens with zero attached hydrogens (tertiary/aromatic N) is 1. The Kier molecular flexibility index (Phi) is 4.01. The molecule has 0 aliphatic heterocycles. The van der Waals surface area contributed by atoms with Crippen LogP contribution in [0.1, 0.15) is 11.1 Å². The second-order valence-electron chi connectivity index (χ2n) is 4.78. The fourth-order valence-corrected chi connectivity index (χ4v) is 2.92. The van der Waals surface area contributed by atoms with Crippen LogP contribution in [0.4, 0.5) is 5.69 Å². The Balaban J connectivity index is 1.80. The van der Waals surface area contributed by atoms with E-state index in [1.807, 2.05) is 18.2 Å². The van der Waals surface area contributed by atoms with Crippen molar-refractivity contribution in [1.29, 1.82) is 0 Å². The number of halogens is 2. The first-order chi connectivity index (χ1) is 10.2. The lowest BCUT2D eigenvalue weighted by Crippen LogP contribution is -2.14. The average molecular weight is 321 g/mol. The van der Waals surface area contributed by atoms with E-state index in [-0.39, 0.29) is 0 Å². The number of nitrogen functional groups attached to an aromatic ring is 1. The van der Waals surface area contributed by atoms with Crippen molar-refractivity contribution in [3.8, 4) is 0 Å². The summed E-state index contributed by atoms with van der Waals surface area (Å²) in [5.41, 5.74) is 9.75. The normalized spacial score (nSPS) is 11.1. The Bertz CT molecular complexity index is 768. The van der Waals surface area contributed by atoms with Crippen LogP contribution >= 0.6 is 23.2 Å². The van der Waals surface area contributed by atoms with Gasteiger partial charge in [0, 0.05) is 37.1 Å². The average Bonchev–Trinajstić information content (AvgIpc) is 2.88. The number of H-pyrrole nitrogens is 1. The Morgan fingerprint density at radius 2 is 1.90 bits per heavy atom. The van der Waals surface area contributed by atoms with Crippen molar-refractivity contribution in [3.63, 3.8) is 0 Å². The van der Waals surface area contributed by atoms with Crippen molar-refractivity contribution >= 4 is 39.8 Å². The monoisotopic (exact) mass is 320 g/mol. The Labute approximate surface area is 132 Å². The first-order valence-electron chi connectivity index (χ1n) is 6.50. The van der Waals surface area contributed by atoms with Crippen LogP contribution in [0.15, 0.2) is 36.8 Å². The van der Waals surface area contributed by atoms with Crippen molar-refractivity contribution in [1.82, 2.24) is 15.3 Å². The molecule has 108 valence electrons. The van der Waals surface area contributed by atoms with E-state index in [4.69, 9.17) is 28.9 Å². The zero-order valence-electron chi connectivity index (χ0n) is 11.2. The predicted molar refractivity (Wildman–Crippen MR) is 87.5 cm³/mol. The molecule has 0 atom stereocenters. The van der Waals surface area contributed by atoms with Crippen LogP contribution in [-0.2, 0) is 13.1 Å². The van der Waals surface area contributed by atoms with Crippen LogP contribution < -0.4 is 11.1 Å². The van der Waals surface area contributed by atoms with Crippen LogP contribution in [0, 0.1) is 0 Å². The number of nitrogens with two attached hydrogens (primary N) is 1. The molecule has 2 aromatic heterocycles. The number of hydrogen-bond donors (Lipinski definition) is 3. The summed E-state index contributed by atoms with van der Waals surface area (Å²) in [5.74, 6) is 0. The van der Waals surface area contributed by atoms with Crippen LogP contribution in [0.2, 0.25) is 10.0 Å². The second-order valence-corrected chi connectivity index (χ2v) is 5.59. The summed E-state index contributed by atoms with van der Waals surface area (Å²) in [7, 11) is 0. The van der Waals surface area contributed by atoms with Crippen LogP contribution in [-0.4, -0.2) is 9.97 Å².